The van der Waals surface area contributed by atoms with Crippen molar-refractivity contribution in [1.82, 2.24) is 4.40 Å². The van der Waals surface area contributed by atoms with Crippen LogP contribution in [-0.4, -0.2) is 4.40 Å². The predicted octanol–water partition coefficient (Wildman–Crippen LogP) is 3.20. The normalized spacial score (nSPS) is 10.9. The van der Waals surface area contributed by atoms with E-state index in [1.807, 2.05) is 30.5 Å². The largest absolute Gasteiger partial charge is 0.464 e. The van der Waals surface area contributed by atoms with Gasteiger partial charge in [-0.15, -0.1) is 0 Å². The fourth-order valence-electron chi connectivity index (χ4n) is 1.63. The van der Waals surface area contributed by atoms with Crippen molar-refractivity contribution >= 4 is 5.52 Å². The van der Waals surface area contributed by atoms with Gasteiger partial charge in [0.2, 0.25) is 0 Å². The summed E-state index contributed by atoms with van der Waals surface area (Å²) in [5.41, 5.74) is 2.29. The highest BCUT2D eigenvalue weighted by Crippen LogP contribution is 2.22. The van der Waals surface area contributed by atoms with Gasteiger partial charge in [0.15, 0.2) is 0 Å². The molecule has 0 amide bonds. The van der Waals surface area contributed by atoms with Crippen LogP contribution in [0.3, 0.4) is 0 Å². The molecule has 2 heteroatoms. The fourth-order valence-corrected chi connectivity index (χ4v) is 1.63. The Morgan fingerprint density at radius 2 is 2.07 bits per heavy atom. The first-order valence-corrected chi connectivity index (χ1v) is 4.54. The van der Waals surface area contributed by atoms with Gasteiger partial charge in [0.25, 0.3) is 0 Å². The van der Waals surface area contributed by atoms with Gasteiger partial charge in [-0.1, -0.05) is 6.07 Å². The Morgan fingerprint density at radius 3 is 2.86 bits per heavy atom. The van der Waals surface area contributed by atoms with Crippen molar-refractivity contribution < 1.29 is 4.42 Å². The number of nitrogens with zero attached hydrogens (tertiary/aromatic N) is 1. The second kappa shape index (κ2) is 2.77. The summed E-state index contributed by atoms with van der Waals surface area (Å²) in [5.74, 6) is 0.911. The van der Waals surface area contributed by atoms with Crippen LogP contribution in [0.25, 0.3) is 16.8 Å². The quantitative estimate of drug-likeness (QED) is 0.566. The van der Waals surface area contributed by atoms with E-state index in [1.165, 1.54) is 5.52 Å². The van der Waals surface area contributed by atoms with E-state index < -0.39 is 0 Å². The second-order valence-corrected chi connectivity index (χ2v) is 3.24. The number of pyridine rings is 1. The first kappa shape index (κ1) is 7.44. The van der Waals surface area contributed by atoms with Crippen molar-refractivity contribution in [3.63, 3.8) is 0 Å². The smallest absolute Gasteiger partial charge is 0.135 e. The van der Waals surface area contributed by atoms with Crippen LogP contribution in [0, 0.1) is 0 Å². The van der Waals surface area contributed by atoms with Crippen molar-refractivity contribution in [3.8, 4) is 11.3 Å². The van der Waals surface area contributed by atoms with E-state index in [-0.39, 0.29) is 0 Å². The van der Waals surface area contributed by atoms with Crippen LogP contribution in [-0.2, 0) is 0 Å². The first-order valence-electron chi connectivity index (χ1n) is 4.54. The monoisotopic (exact) mass is 183 g/mol. The van der Waals surface area contributed by atoms with Crippen LogP contribution in [0.2, 0.25) is 0 Å². The molecule has 0 aromatic carbocycles. The summed E-state index contributed by atoms with van der Waals surface area (Å²) in [7, 11) is 0. The highest BCUT2D eigenvalue weighted by Gasteiger charge is 2.03. The van der Waals surface area contributed by atoms with E-state index in [4.69, 9.17) is 4.42 Å². The first-order chi connectivity index (χ1) is 6.93. The van der Waals surface area contributed by atoms with E-state index in [9.17, 15) is 0 Å². The van der Waals surface area contributed by atoms with Gasteiger partial charge in [-0.2, -0.15) is 0 Å². The summed E-state index contributed by atoms with van der Waals surface area (Å²) in [6, 6.07) is 12.1. The molecular weight excluding hydrogens is 174 g/mol. The van der Waals surface area contributed by atoms with Crippen molar-refractivity contribution in [2.45, 2.75) is 0 Å². The number of fused-ring (bicyclic) bond motifs is 1. The van der Waals surface area contributed by atoms with Gasteiger partial charge in [0, 0.05) is 23.5 Å². The summed E-state index contributed by atoms with van der Waals surface area (Å²) < 4.78 is 7.42. The SMILES string of the molecule is c1coc(-c2cc3ccccn3c2)c1. The minimum atomic E-state index is 0.911. The summed E-state index contributed by atoms with van der Waals surface area (Å²) >= 11 is 0. The molecule has 0 spiro atoms. The Kier molecular flexibility index (Phi) is 1.47. The van der Waals surface area contributed by atoms with Crippen LogP contribution < -0.4 is 0 Å². The zero-order chi connectivity index (χ0) is 9.38. The summed E-state index contributed by atoms with van der Waals surface area (Å²) in [6.45, 7) is 0. The summed E-state index contributed by atoms with van der Waals surface area (Å²) in [4.78, 5) is 0. The molecule has 14 heavy (non-hydrogen) atoms. The van der Waals surface area contributed by atoms with Gasteiger partial charge in [-0.3, -0.25) is 0 Å². The highest BCUT2D eigenvalue weighted by molar-refractivity contribution is 5.66. The maximum atomic E-state index is 5.34. The lowest BCUT2D eigenvalue weighted by molar-refractivity contribution is 0.582. The Labute approximate surface area is 81.4 Å². The molecule has 0 saturated carbocycles. The van der Waals surface area contributed by atoms with E-state index in [1.54, 1.807) is 6.26 Å². The molecule has 2 nitrogen and oxygen atoms in total. The van der Waals surface area contributed by atoms with E-state index in [2.05, 4.69) is 22.7 Å². The van der Waals surface area contributed by atoms with Crippen LogP contribution in [0.4, 0.5) is 0 Å². The molecule has 0 aliphatic rings. The van der Waals surface area contributed by atoms with Crippen LogP contribution >= 0.6 is 0 Å². The lowest BCUT2D eigenvalue weighted by Gasteiger charge is -1.89. The maximum absolute atomic E-state index is 5.34. The van der Waals surface area contributed by atoms with Crippen molar-refractivity contribution in [2.75, 3.05) is 0 Å². The van der Waals surface area contributed by atoms with Gasteiger partial charge in [-0.25, -0.2) is 0 Å². The van der Waals surface area contributed by atoms with E-state index in [0.717, 1.165) is 11.3 Å². The van der Waals surface area contributed by atoms with Crippen molar-refractivity contribution in [3.05, 3.63) is 55.1 Å². The Hall–Kier alpha value is -1.96. The molecule has 0 aliphatic heterocycles. The molecule has 68 valence electrons. The Bertz CT molecular complexity index is 515. The van der Waals surface area contributed by atoms with Crippen LogP contribution in [0.15, 0.2) is 59.5 Å². The minimum Gasteiger partial charge on any atom is -0.464 e. The molecule has 0 unspecified atom stereocenters. The molecule has 0 N–H and O–H groups in total. The van der Waals surface area contributed by atoms with Crippen molar-refractivity contribution in [1.29, 1.82) is 0 Å². The summed E-state index contributed by atoms with van der Waals surface area (Å²) in [5, 5.41) is 0. The molecule has 0 radical (unpaired) electrons. The molecular formula is C12H9NO. The summed E-state index contributed by atoms with van der Waals surface area (Å²) in [6.07, 6.45) is 5.79. The molecule has 0 fully saturated rings. The molecule has 0 bridgehead atoms. The highest BCUT2D eigenvalue weighted by atomic mass is 16.3. The van der Waals surface area contributed by atoms with Crippen LogP contribution in [0.5, 0.6) is 0 Å². The minimum absolute atomic E-state index is 0.911. The number of rotatable bonds is 1. The van der Waals surface area contributed by atoms with Gasteiger partial charge in [0.1, 0.15) is 5.76 Å². The lowest BCUT2D eigenvalue weighted by Crippen LogP contribution is -1.76. The van der Waals surface area contributed by atoms with Crippen molar-refractivity contribution in [2.24, 2.45) is 0 Å². The number of hydrogen-bond donors (Lipinski definition) is 0. The topological polar surface area (TPSA) is 17.6 Å². The lowest BCUT2D eigenvalue weighted by atomic mass is 10.2. The van der Waals surface area contributed by atoms with Gasteiger partial charge >= 0.3 is 0 Å². The van der Waals surface area contributed by atoms with Gasteiger partial charge in [-0.05, 0) is 30.3 Å². The maximum Gasteiger partial charge on any atom is 0.135 e. The molecule has 3 rings (SSSR count). The molecule has 3 aromatic rings. The zero-order valence-electron chi connectivity index (χ0n) is 7.55. The molecule has 0 atom stereocenters. The second-order valence-electron chi connectivity index (χ2n) is 3.24. The number of aromatic nitrogens is 1. The molecule has 3 aromatic heterocycles. The zero-order valence-corrected chi connectivity index (χ0v) is 7.55. The average molecular weight is 183 g/mol. The Morgan fingerprint density at radius 1 is 1.07 bits per heavy atom. The Balaban J connectivity index is 2.24. The van der Waals surface area contributed by atoms with Crippen LogP contribution in [0.1, 0.15) is 0 Å². The predicted molar refractivity (Wildman–Crippen MR) is 55.1 cm³/mol. The third kappa shape index (κ3) is 1.04. The average Bonchev–Trinajstić information content (AvgIpc) is 2.86. The van der Waals surface area contributed by atoms with Gasteiger partial charge < -0.3 is 8.82 Å². The van der Waals surface area contributed by atoms with Gasteiger partial charge in [0.05, 0.1) is 6.26 Å². The van der Waals surface area contributed by atoms with E-state index in [0.29, 0.717) is 0 Å². The molecule has 0 saturated heterocycles. The molecule has 3 heterocycles. The number of furan rings is 1. The third-order valence-corrected chi connectivity index (χ3v) is 2.31. The molecule has 0 aliphatic carbocycles. The fraction of sp³-hybridized carbons (Fsp3) is 0. The third-order valence-electron chi connectivity index (χ3n) is 2.31. The van der Waals surface area contributed by atoms with E-state index >= 15 is 0 Å². The standard InChI is InChI=1S/C12H9NO/c1-2-6-13-9-10(8-11(13)4-1)12-5-3-7-14-12/h1-9H. The number of hydrogen-bond acceptors (Lipinski definition) is 1.